The molecule has 0 bridgehead atoms. The van der Waals surface area contributed by atoms with Crippen LogP contribution in [0.25, 0.3) is 11.3 Å². The maximum Gasteiger partial charge on any atom is 0.419 e. The molecular formula is C16H18BrNO2. The molecule has 1 aromatic carbocycles. The van der Waals surface area contributed by atoms with Gasteiger partial charge in [-0.2, -0.15) is 0 Å². The highest BCUT2D eigenvalue weighted by Gasteiger charge is 2.21. The molecular weight excluding hydrogens is 318 g/mol. The van der Waals surface area contributed by atoms with Crippen molar-refractivity contribution in [3.05, 3.63) is 46.6 Å². The number of carbonyl (C=O) groups is 1. The molecule has 0 saturated heterocycles. The van der Waals surface area contributed by atoms with Crippen molar-refractivity contribution in [2.24, 2.45) is 0 Å². The number of halogens is 1. The fourth-order valence-corrected chi connectivity index (χ4v) is 2.38. The molecule has 0 atom stereocenters. The third kappa shape index (κ3) is 3.31. The summed E-state index contributed by atoms with van der Waals surface area (Å²) >= 11 is 3.42. The quantitative estimate of drug-likeness (QED) is 0.733. The molecule has 20 heavy (non-hydrogen) atoms. The number of rotatable bonds is 1. The van der Waals surface area contributed by atoms with Crippen LogP contribution in [0.5, 0.6) is 0 Å². The van der Waals surface area contributed by atoms with Crippen LogP contribution >= 0.6 is 15.9 Å². The lowest BCUT2D eigenvalue weighted by molar-refractivity contribution is 0.0540. The van der Waals surface area contributed by atoms with Gasteiger partial charge in [0, 0.05) is 16.2 Å². The highest BCUT2D eigenvalue weighted by Crippen LogP contribution is 2.28. The first kappa shape index (κ1) is 14.9. The minimum atomic E-state index is -0.517. The van der Waals surface area contributed by atoms with Crippen LogP contribution in [0.2, 0.25) is 0 Å². The first-order valence-electron chi connectivity index (χ1n) is 6.45. The van der Waals surface area contributed by atoms with E-state index < -0.39 is 5.60 Å². The van der Waals surface area contributed by atoms with E-state index in [1.807, 2.05) is 58.0 Å². The maximum absolute atomic E-state index is 12.3. The van der Waals surface area contributed by atoms with E-state index in [0.717, 1.165) is 21.3 Å². The highest BCUT2D eigenvalue weighted by atomic mass is 79.9. The van der Waals surface area contributed by atoms with Gasteiger partial charge in [0.1, 0.15) is 5.60 Å². The minimum Gasteiger partial charge on any atom is -0.443 e. The Labute approximate surface area is 127 Å². The van der Waals surface area contributed by atoms with Gasteiger partial charge in [0.05, 0.1) is 5.69 Å². The number of benzene rings is 1. The van der Waals surface area contributed by atoms with Gasteiger partial charge in [-0.25, -0.2) is 4.79 Å². The number of aryl methyl sites for hydroxylation is 1. The average molecular weight is 336 g/mol. The molecule has 2 aromatic rings. The SMILES string of the molecule is Cc1ccccc1-c1cc(Br)cn1C(=O)OC(C)(C)C. The Hall–Kier alpha value is -1.55. The molecule has 0 amide bonds. The normalized spacial score (nSPS) is 11.4. The van der Waals surface area contributed by atoms with E-state index in [-0.39, 0.29) is 6.09 Å². The average Bonchev–Trinajstić information content (AvgIpc) is 2.69. The minimum absolute atomic E-state index is 0.374. The van der Waals surface area contributed by atoms with Crippen molar-refractivity contribution in [1.29, 1.82) is 0 Å². The molecule has 1 aromatic heterocycles. The van der Waals surface area contributed by atoms with Gasteiger partial charge in [-0.1, -0.05) is 24.3 Å². The van der Waals surface area contributed by atoms with Crippen LogP contribution < -0.4 is 0 Å². The zero-order valence-corrected chi connectivity index (χ0v) is 13.7. The number of hydrogen-bond acceptors (Lipinski definition) is 2. The van der Waals surface area contributed by atoms with Gasteiger partial charge < -0.3 is 4.74 Å². The van der Waals surface area contributed by atoms with E-state index in [2.05, 4.69) is 15.9 Å². The number of ether oxygens (including phenoxy) is 1. The van der Waals surface area contributed by atoms with Crippen molar-refractivity contribution in [3.63, 3.8) is 0 Å². The van der Waals surface area contributed by atoms with Crippen LogP contribution in [0.3, 0.4) is 0 Å². The molecule has 1 heterocycles. The van der Waals surface area contributed by atoms with E-state index in [1.54, 1.807) is 6.20 Å². The molecule has 0 radical (unpaired) electrons. The molecule has 0 aliphatic carbocycles. The zero-order valence-electron chi connectivity index (χ0n) is 12.1. The summed E-state index contributed by atoms with van der Waals surface area (Å²) in [6.45, 7) is 7.60. The van der Waals surface area contributed by atoms with E-state index >= 15 is 0 Å². The van der Waals surface area contributed by atoms with Crippen LogP contribution in [-0.2, 0) is 4.74 Å². The van der Waals surface area contributed by atoms with Gasteiger partial charge in [0.2, 0.25) is 0 Å². The van der Waals surface area contributed by atoms with E-state index in [4.69, 9.17) is 4.74 Å². The van der Waals surface area contributed by atoms with Crippen molar-refractivity contribution < 1.29 is 9.53 Å². The lowest BCUT2D eigenvalue weighted by Crippen LogP contribution is -2.27. The lowest BCUT2D eigenvalue weighted by atomic mass is 10.1. The molecule has 0 fully saturated rings. The fourth-order valence-electron chi connectivity index (χ4n) is 1.96. The number of nitrogens with zero attached hydrogens (tertiary/aromatic N) is 1. The molecule has 4 heteroatoms. The summed E-state index contributed by atoms with van der Waals surface area (Å²) in [4.78, 5) is 12.3. The lowest BCUT2D eigenvalue weighted by Gasteiger charge is -2.20. The van der Waals surface area contributed by atoms with E-state index in [0.29, 0.717) is 0 Å². The van der Waals surface area contributed by atoms with E-state index in [1.165, 1.54) is 4.57 Å². The summed E-state index contributed by atoms with van der Waals surface area (Å²) in [6, 6.07) is 9.89. The fraction of sp³-hybridized carbons (Fsp3) is 0.312. The number of aromatic nitrogens is 1. The predicted molar refractivity (Wildman–Crippen MR) is 83.9 cm³/mol. The first-order chi connectivity index (χ1) is 9.28. The van der Waals surface area contributed by atoms with Crippen molar-refractivity contribution >= 4 is 22.0 Å². The largest absolute Gasteiger partial charge is 0.443 e. The zero-order chi connectivity index (χ0) is 14.9. The Morgan fingerprint density at radius 1 is 1.25 bits per heavy atom. The second kappa shape index (κ2) is 5.44. The molecule has 2 rings (SSSR count). The molecule has 0 aliphatic rings. The summed E-state index contributed by atoms with van der Waals surface area (Å²) in [6.07, 6.45) is 1.36. The topological polar surface area (TPSA) is 31.2 Å². The standard InChI is InChI=1S/C16H18BrNO2/c1-11-7-5-6-8-13(11)14-9-12(17)10-18(14)15(19)20-16(2,3)4/h5-10H,1-4H3. The molecule has 0 aliphatic heterocycles. The number of carbonyl (C=O) groups excluding carboxylic acids is 1. The summed E-state index contributed by atoms with van der Waals surface area (Å²) < 4.78 is 7.83. The molecule has 0 spiro atoms. The van der Waals surface area contributed by atoms with Crippen molar-refractivity contribution in [2.45, 2.75) is 33.3 Å². The van der Waals surface area contributed by atoms with Gasteiger partial charge in [0.15, 0.2) is 0 Å². The molecule has 0 unspecified atom stereocenters. The Kier molecular flexibility index (Phi) is 4.04. The van der Waals surface area contributed by atoms with Gasteiger partial charge in [0.25, 0.3) is 0 Å². The molecule has 0 N–H and O–H groups in total. The summed E-state index contributed by atoms with van der Waals surface area (Å²) in [5.74, 6) is 0. The van der Waals surface area contributed by atoms with Crippen LogP contribution in [0.4, 0.5) is 4.79 Å². The Balaban J connectivity index is 2.46. The monoisotopic (exact) mass is 335 g/mol. The summed E-state index contributed by atoms with van der Waals surface area (Å²) in [5.41, 5.74) is 2.44. The van der Waals surface area contributed by atoms with Gasteiger partial charge in [-0.05, 0) is 55.3 Å². The second-order valence-electron chi connectivity index (χ2n) is 5.71. The summed E-state index contributed by atoms with van der Waals surface area (Å²) in [5, 5.41) is 0. The molecule has 0 saturated carbocycles. The van der Waals surface area contributed by atoms with Crippen molar-refractivity contribution in [3.8, 4) is 11.3 Å². The second-order valence-corrected chi connectivity index (χ2v) is 6.62. The van der Waals surface area contributed by atoms with Gasteiger partial charge >= 0.3 is 6.09 Å². The Bertz CT molecular complexity index is 638. The third-order valence-corrected chi connectivity index (χ3v) is 3.23. The first-order valence-corrected chi connectivity index (χ1v) is 7.24. The highest BCUT2D eigenvalue weighted by molar-refractivity contribution is 9.10. The molecule has 3 nitrogen and oxygen atoms in total. The predicted octanol–water partition coefficient (Wildman–Crippen LogP) is 5.01. The Morgan fingerprint density at radius 3 is 2.50 bits per heavy atom. The smallest absolute Gasteiger partial charge is 0.419 e. The third-order valence-electron chi connectivity index (χ3n) is 2.80. The van der Waals surface area contributed by atoms with Crippen molar-refractivity contribution in [2.75, 3.05) is 0 Å². The van der Waals surface area contributed by atoms with Crippen LogP contribution in [-0.4, -0.2) is 16.3 Å². The molecule has 106 valence electrons. The van der Waals surface area contributed by atoms with E-state index in [9.17, 15) is 4.79 Å². The van der Waals surface area contributed by atoms with Gasteiger partial charge in [-0.15, -0.1) is 0 Å². The summed E-state index contributed by atoms with van der Waals surface area (Å²) in [7, 11) is 0. The van der Waals surface area contributed by atoms with Crippen LogP contribution in [0, 0.1) is 6.92 Å². The van der Waals surface area contributed by atoms with Gasteiger partial charge in [-0.3, -0.25) is 4.57 Å². The van der Waals surface area contributed by atoms with Crippen molar-refractivity contribution in [1.82, 2.24) is 4.57 Å². The Morgan fingerprint density at radius 2 is 1.90 bits per heavy atom. The maximum atomic E-state index is 12.3. The van der Waals surface area contributed by atoms with Crippen LogP contribution in [0.1, 0.15) is 26.3 Å². The number of hydrogen-bond donors (Lipinski definition) is 0. The van der Waals surface area contributed by atoms with Crippen LogP contribution in [0.15, 0.2) is 41.0 Å².